The van der Waals surface area contributed by atoms with Gasteiger partial charge in [0.15, 0.2) is 0 Å². The summed E-state index contributed by atoms with van der Waals surface area (Å²) in [6.07, 6.45) is -3.12. The molecule has 0 amide bonds. The zero-order valence-corrected chi connectivity index (χ0v) is 10.9. The van der Waals surface area contributed by atoms with E-state index in [-0.39, 0.29) is 12.0 Å². The lowest BCUT2D eigenvalue weighted by Gasteiger charge is -2.21. The lowest BCUT2D eigenvalue weighted by atomic mass is 9.93. The first kappa shape index (κ1) is 15.2. The Kier molecular flexibility index (Phi) is 5.79. The number of methoxy groups -OCH3 is 1. The van der Waals surface area contributed by atoms with Crippen LogP contribution in [0.2, 0.25) is 0 Å². The minimum Gasteiger partial charge on any atom is -0.497 e. The third-order valence-corrected chi connectivity index (χ3v) is 3.03. The quantitative estimate of drug-likeness (QED) is 0.540. The molecule has 0 bridgehead atoms. The Morgan fingerprint density at radius 2 is 2.00 bits per heavy atom. The fraction of sp³-hybridized carbons (Fsp3) is 0.538. The van der Waals surface area contributed by atoms with Gasteiger partial charge in [-0.2, -0.15) is 13.2 Å². The predicted molar refractivity (Wildman–Crippen MR) is 66.4 cm³/mol. The molecule has 5 heteroatoms. The summed E-state index contributed by atoms with van der Waals surface area (Å²) in [6, 6.07) is 6.14. The maximum atomic E-state index is 13.0. The number of hydrogen-bond donors (Lipinski definition) is 0. The molecule has 0 spiro atoms. The van der Waals surface area contributed by atoms with E-state index in [9.17, 15) is 13.2 Å². The molecule has 1 nitrogen and oxygen atoms in total. The van der Waals surface area contributed by atoms with E-state index in [2.05, 4.69) is 0 Å². The molecule has 0 saturated heterocycles. The van der Waals surface area contributed by atoms with Crippen LogP contribution in [0.25, 0.3) is 0 Å². The van der Waals surface area contributed by atoms with Crippen LogP contribution in [-0.2, 0) is 0 Å². The molecule has 102 valence electrons. The molecular formula is C13H16ClF3O. The van der Waals surface area contributed by atoms with Crippen molar-refractivity contribution in [2.24, 2.45) is 0 Å². The Morgan fingerprint density at radius 3 is 2.56 bits per heavy atom. The van der Waals surface area contributed by atoms with Crippen molar-refractivity contribution in [3.63, 3.8) is 0 Å². The molecule has 0 N–H and O–H groups in total. The Balaban J connectivity index is 2.87. The zero-order chi connectivity index (χ0) is 13.6. The largest absolute Gasteiger partial charge is 0.497 e. The molecule has 0 heterocycles. The highest BCUT2D eigenvalue weighted by Crippen LogP contribution is 2.39. The van der Waals surface area contributed by atoms with Crippen LogP contribution in [0.5, 0.6) is 5.75 Å². The number of benzene rings is 1. The van der Waals surface area contributed by atoms with Crippen molar-refractivity contribution < 1.29 is 17.9 Å². The first-order chi connectivity index (χ1) is 8.49. The van der Waals surface area contributed by atoms with E-state index in [1.807, 2.05) is 0 Å². The van der Waals surface area contributed by atoms with Gasteiger partial charge in [0.25, 0.3) is 0 Å². The first-order valence-corrected chi connectivity index (χ1v) is 6.29. The summed E-state index contributed by atoms with van der Waals surface area (Å²) in [6.45, 7) is 0. The molecule has 1 aromatic carbocycles. The SMILES string of the molecule is COc1cccc([C@@H](CCCCCl)C(F)(F)F)c1. The normalized spacial score (nSPS) is 13.4. The monoisotopic (exact) mass is 280 g/mol. The van der Waals surface area contributed by atoms with Gasteiger partial charge in [-0.25, -0.2) is 0 Å². The standard InChI is InChI=1S/C13H16ClF3O/c1-18-11-6-4-5-10(9-11)12(13(15,16)17)7-2-3-8-14/h4-6,9,12H,2-3,7-8H2,1H3/t12-/m1/s1. The maximum Gasteiger partial charge on any atom is 0.395 e. The van der Waals surface area contributed by atoms with Gasteiger partial charge in [0.1, 0.15) is 5.75 Å². The molecule has 1 rings (SSSR count). The highest BCUT2D eigenvalue weighted by molar-refractivity contribution is 6.17. The van der Waals surface area contributed by atoms with E-state index < -0.39 is 12.1 Å². The molecule has 1 atom stereocenters. The number of rotatable bonds is 6. The van der Waals surface area contributed by atoms with Crippen molar-refractivity contribution in [2.45, 2.75) is 31.4 Å². The van der Waals surface area contributed by atoms with Gasteiger partial charge in [0.05, 0.1) is 13.0 Å². The molecule has 0 aliphatic heterocycles. The van der Waals surface area contributed by atoms with Gasteiger partial charge >= 0.3 is 6.18 Å². The minimum atomic E-state index is -4.24. The van der Waals surface area contributed by atoms with Gasteiger partial charge in [-0.05, 0) is 30.5 Å². The van der Waals surface area contributed by atoms with E-state index in [4.69, 9.17) is 16.3 Å². The maximum absolute atomic E-state index is 13.0. The van der Waals surface area contributed by atoms with Crippen molar-refractivity contribution in [1.29, 1.82) is 0 Å². The van der Waals surface area contributed by atoms with Crippen LogP contribution >= 0.6 is 11.6 Å². The lowest BCUT2D eigenvalue weighted by Crippen LogP contribution is -2.21. The molecule has 0 aliphatic rings. The molecule has 0 fully saturated rings. The fourth-order valence-corrected chi connectivity index (χ4v) is 2.01. The zero-order valence-electron chi connectivity index (χ0n) is 10.1. The smallest absolute Gasteiger partial charge is 0.395 e. The average molecular weight is 281 g/mol. The van der Waals surface area contributed by atoms with Crippen molar-refractivity contribution in [1.82, 2.24) is 0 Å². The number of halogens is 4. The third-order valence-electron chi connectivity index (χ3n) is 2.77. The molecule has 0 unspecified atom stereocenters. The molecule has 18 heavy (non-hydrogen) atoms. The molecule has 0 aromatic heterocycles. The summed E-state index contributed by atoms with van der Waals surface area (Å²) in [5.74, 6) is -0.613. The third kappa shape index (κ3) is 4.41. The van der Waals surface area contributed by atoms with Gasteiger partial charge in [0.2, 0.25) is 0 Å². The van der Waals surface area contributed by atoms with Gasteiger partial charge in [-0.3, -0.25) is 0 Å². The Labute approximate surface area is 110 Å². The summed E-state index contributed by atoms with van der Waals surface area (Å²) in [7, 11) is 1.44. The summed E-state index contributed by atoms with van der Waals surface area (Å²) < 4.78 is 43.9. The summed E-state index contributed by atoms with van der Waals surface area (Å²) >= 11 is 5.49. The number of unbranched alkanes of at least 4 members (excludes halogenated alkanes) is 1. The van der Waals surface area contributed by atoms with Crippen LogP contribution in [0.1, 0.15) is 30.7 Å². The molecule has 0 radical (unpaired) electrons. The Bertz CT molecular complexity index is 365. The number of hydrogen-bond acceptors (Lipinski definition) is 1. The summed E-state index contributed by atoms with van der Waals surface area (Å²) in [5.41, 5.74) is 0.247. The van der Waals surface area contributed by atoms with Crippen LogP contribution in [0.3, 0.4) is 0 Å². The predicted octanol–water partition coefficient (Wildman–Crippen LogP) is 4.75. The van der Waals surface area contributed by atoms with Gasteiger partial charge in [-0.15, -0.1) is 11.6 Å². The molecule has 0 saturated carbocycles. The van der Waals surface area contributed by atoms with Gasteiger partial charge in [0, 0.05) is 5.88 Å². The van der Waals surface area contributed by atoms with Crippen molar-refractivity contribution in [2.75, 3.05) is 13.0 Å². The molecule has 1 aromatic rings. The highest BCUT2D eigenvalue weighted by Gasteiger charge is 2.40. The minimum absolute atomic E-state index is 0.0589. The lowest BCUT2D eigenvalue weighted by molar-refractivity contribution is -0.152. The van der Waals surface area contributed by atoms with E-state index in [1.165, 1.54) is 19.2 Å². The van der Waals surface area contributed by atoms with Crippen molar-refractivity contribution >= 4 is 11.6 Å². The van der Waals surface area contributed by atoms with Crippen LogP contribution in [0, 0.1) is 0 Å². The van der Waals surface area contributed by atoms with Crippen molar-refractivity contribution in [3.8, 4) is 5.75 Å². The number of alkyl halides is 4. The van der Waals surface area contributed by atoms with E-state index >= 15 is 0 Å². The van der Waals surface area contributed by atoms with Crippen LogP contribution < -0.4 is 4.74 Å². The molecule has 0 aliphatic carbocycles. The second-order valence-corrected chi connectivity index (χ2v) is 4.43. The second kappa shape index (κ2) is 6.88. The summed E-state index contributed by atoms with van der Waals surface area (Å²) in [4.78, 5) is 0. The highest BCUT2D eigenvalue weighted by atomic mass is 35.5. The van der Waals surface area contributed by atoms with E-state index in [0.29, 0.717) is 24.5 Å². The topological polar surface area (TPSA) is 9.23 Å². The van der Waals surface area contributed by atoms with Crippen LogP contribution in [-0.4, -0.2) is 19.2 Å². The van der Waals surface area contributed by atoms with Crippen LogP contribution in [0.4, 0.5) is 13.2 Å². The fourth-order valence-electron chi connectivity index (χ4n) is 1.82. The van der Waals surface area contributed by atoms with E-state index in [0.717, 1.165) is 0 Å². The summed E-state index contributed by atoms with van der Waals surface area (Å²) in [5, 5.41) is 0. The Morgan fingerprint density at radius 1 is 1.28 bits per heavy atom. The van der Waals surface area contributed by atoms with Gasteiger partial charge < -0.3 is 4.74 Å². The van der Waals surface area contributed by atoms with Crippen molar-refractivity contribution in [3.05, 3.63) is 29.8 Å². The number of ether oxygens (including phenoxy) is 1. The Hall–Kier alpha value is -0.900. The van der Waals surface area contributed by atoms with E-state index in [1.54, 1.807) is 12.1 Å². The van der Waals surface area contributed by atoms with Crippen LogP contribution in [0.15, 0.2) is 24.3 Å². The van der Waals surface area contributed by atoms with Gasteiger partial charge in [-0.1, -0.05) is 18.6 Å². The average Bonchev–Trinajstić information content (AvgIpc) is 2.33. The molecular weight excluding hydrogens is 265 g/mol. The second-order valence-electron chi connectivity index (χ2n) is 4.06. The first-order valence-electron chi connectivity index (χ1n) is 5.75.